The van der Waals surface area contributed by atoms with E-state index in [1.807, 2.05) is 0 Å². The zero-order valence-electron chi connectivity index (χ0n) is 7.34. The van der Waals surface area contributed by atoms with Gasteiger partial charge in [0.15, 0.2) is 5.79 Å². The molecule has 1 spiro atoms. The molecule has 1 heterocycles. The van der Waals surface area contributed by atoms with Crippen molar-refractivity contribution in [3.05, 3.63) is 12.2 Å². The normalized spacial score (nSPS) is 25.2. The van der Waals surface area contributed by atoms with Gasteiger partial charge in [0, 0.05) is 0 Å². The average Bonchev–Trinajstić information content (AvgIpc) is 2.34. The first-order chi connectivity index (χ1) is 5.31. The first-order valence-corrected chi connectivity index (χ1v) is 4.05. The van der Waals surface area contributed by atoms with Gasteiger partial charge in [0.1, 0.15) is 6.26 Å². The quantitative estimate of drug-likeness (QED) is 0.381. The number of hydrogen-bond acceptors (Lipinski definition) is 3. The predicted octanol–water partition coefficient (Wildman–Crippen LogP) is -2.14. The molecule has 1 aliphatic carbocycles. The van der Waals surface area contributed by atoms with Gasteiger partial charge in [-0.05, 0) is 25.7 Å². The van der Waals surface area contributed by atoms with E-state index in [1.165, 1.54) is 12.7 Å². The third kappa shape index (κ3) is 1.73. The zero-order chi connectivity index (χ0) is 7.73. The smallest absolute Gasteiger partial charge is 0.573 e. The molecule has 0 amide bonds. The van der Waals surface area contributed by atoms with Crippen LogP contribution in [0, 0.1) is 0 Å². The SMILES string of the molecule is [Li+].[O-]C1=COC2(CCCCC2)O1. The van der Waals surface area contributed by atoms with Crippen LogP contribution in [0.25, 0.3) is 0 Å². The van der Waals surface area contributed by atoms with Crippen LogP contribution in [0.15, 0.2) is 12.2 Å². The van der Waals surface area contributed by atoms with E-state index in [9.17, 15) is 5.11 Å². The monoisotopic (exact) mass is 162 g/mol. The molecule has 4 heteroatoms. The number of rotatable bonds is 0. The van der Waals surface area contributed by atoms with E-state index in [4.69, 9.17) is 9.47 Å². The Morgan fingerprint density at radius 3 is 2.42 bits per heavy atom. The fourth-order valence-electron chi connectivity index (χ4n) is 1.70. The van der Waals surface area contributed by atoms with Gasteiger partial charge >= 0.3 is 18.9 Å². The molecule has 62 valence electrons. The van der Waals surface area contributed by atoms with Gasteiger partial charge in [-0.3, -0.25) is 0 Å². The van der Waals surface area contributed by atoms with E-state index in [-0.39, 0.29) is 24.8 Å². The van der Waals surface area contributed by atoms with E-state index in [0.717, 1.165) is 25.7 Å². The molecule has 0 bridgehead atoms. The summed E-state index contributed by atoms with van der Waals surface area (Å²) in [6.07, 6.45) is 6.32. The van der Waals surface area contributed by atoms with Crippen LogP contribution in [0.2, 0.25) is 0 Å². The summed E-state index contributed by atoms with van der Waals surface area (Å²) in [7, 11) is 0. The van der Waals surface area contributed by atoms with Crippen molar-refractivity contribution in [3.8, 4) is 0 Å². The van der Waals surface area contributed by atoms with Crippen LogP contribution in [-0.2, 0) is 9.47 Å². The minimum atomic E-state index is -0.560. The minimum Gasteiger partial charge on any atom is -0.573 e. The summed E-state index contributed by atoms with van der Waals surface area (Å²) in [5.74, 6) is -0.887. The van der Waals surface area contributed by atoms with E-state index in [1.54, 1.807) is 0 Å². The second-order valence-electron chi connectivity index (χ2n) is 3.13. The van der Waals surface area contributed by atoms with Crippen LogP contribution in [0.4, 0.5) is 0 Å². The Morgan fingerprint density at radius 2 is 1.92 bits per heavy atom. The van der Waals surface area contributed by atoms with Crippen LogP contribution in [0.1, 0.15) is 32.1 Å². The molecule has 0 unspecified atom stereocenters. The third-order valence-corrected chi connectivity index (χ3v) is 2.27. The van der Waals surface area contributed by atoms with Crippen molar-refractivity contribution in [2.75, 3.05) is 0 Å². The summed E-state index contributed by atoms with van der Waals surface area (Å²) < 4.78 is 10.3. The maximum absolute atomic E-state index is 10.7. The van der Waals surface area contributed by atoms with Crippen molar-refractivity contribution >= 4 is 0 Å². The van der Waals surface area contributed by atoms with Gasteiger partial charge in [-0.1, -0.05) is 6.42 Å². The minimum absolute atomic E-state index is 0. The van der Waals surface area contributed by atoms with Gasteiger partial charge in [-0.25, -0.2) is 0 Å². The molecule has 0 aromatic carbocycles. The maximum atomic E-state index is 10.7. The molecular formula is C8H11LiO3. The second-order valence-corrected chi connectivity index (χ2v) is 3.13. The zero-order valence-corrected chi connectivity index (χ0v) is 7.34. The molecule has 0 N–H and O–H groups in total. The molecule has 0 atom stereocenters. The maximum Gasteiger partial charge on any atom is 1.00 e. The van der Waals surface area contributed by atoms with Gasteiger partial charge in [-0.15, -0.1) is 0 Å². The van der Waals surface area contributed by atoms with Crippen molar-refractivity contribution < 1.29 is 33.4 Å². The van der Waals surface area contributed by atoms with Crippen LogP contribution in [0.3, 0.4) is 0 Å². The summed E-state index contributed by atoms with van der Waals surface area (Å²) >= 11 is 0. The van der Waals surface area contributed by atoms with Crippen LogP contribution < -0.4 is 24.0 Å². The molecule has 0 aromatic rings. The average molecular weight is 162 g/mol. The molecular weight excluding hydrogens is 151 g/mol. The molecule has 2 rings (SSSR count). The standard InChI is InChI=1S/C8H12O3.Li/c9-7-6-10-8(11-7)4-2-1-3-5-8;/h6,9H,1-5H2;/q;+1/p-1. The van der Waals surface area contributed by atoms with Crippen molar-refractivity contribution in [1.82, 2.24) is 0 Å². The topological polar surface area (TPSA) is 41.5 Å². The molecule has 0 saturated heterocycles. The first kappa shape index (κ1) is 9.82. The molecule has 3 nitrogen and oxygen atoms in total. The fraction of sp³-hybridized carbons (Fsp3) is 0.750. The number of ether oxygens (including phenoxy) is 2. The molecule has 0 aromatic heterocycles. The van der Waals surface area contributed by atoms with Gasteiger partial charge in [0.2, 0.25) is 0 Å². The van der Waals surface area contributed by atoms with Gasteiger partial charge < -0.3 is 14.6 Å². The van der Waals surface area contributed by atoms with Crippen molar-refractivity contribution in [2.24, 2.45) is 0 Å². The summed E-state index contributed by atoms with van der Waals surface area (Å²) in [5.41, 5.74) is 0. The van der Waals surface area contributed by atoms with Gasteiger partial charge in [-0.2, -0.15) is 0 Å². The molecule has 0 radical (unpaired) electrons. The van der Waals surface area contributed by atoms with E-state index in [0.29, 0.717) is 0 Å². The van der Waals surface area contributed by atoms with Crippen molar-refractivity contribution in [2.45, 2.75) is 37.9 Å². The second kappa shape index (κ2) is 3.63. The Bertz CT molecular complexity index is 185. The Balaban J connectivity index is 0.000000720. The Morgan fingerprint density at radius 1 is 1.25 bits per heavy atom. The first-order valence-electron chi connectivity index (χ1n) is 4.05. The van der Waals surface area contributed by atoms with Crippen LogP contribution >= 0.6 is 0 Å². The summed E-state index contributed by atoms with van der Waals surface area (Å²) in [6, 6.07) is 0. The summed E-state index contributed by atoms with van der Waals surface area (Å²) in [5, 5.41) is 10.7. The fourth-order valence-corrected chi connectivity index (χ4v) is 1.70. The van der Waals surface area contributed by atoms with Gasteiger partial charge in [0.25, 0.3) is 0 Å². The van der Waals surface area contributed by atoms with Crippen molar-refractivity contribution in [3.63, 3.8) is 0 Å². The largest absolute Gasteiger partial charge is 1.00 e. The van der Waals surface area contributed by atoms with Crippen molar-refractivity contribution in [1.29, 1.82) is 0 Å². The Hall–Kier alpha value is -0.263. The van der Waals surface area contributed by atoms with E-state index in [2.05, 4.69) is 0 Å². The summed E-state index contributed by atoms with van der Waals surface area (Å²) in [6.45, 7) is 0. The molecule has 1 saturated carbocycles. The molecule has 2 aliphatic rings. The van der Waals surface area contributed by atoms with Gasteiger partial charge in [0.05, 0.1) is 5.95 Å². The Labute approximate surface area is 83.9 Å². The number of hydrogen-bond donors (Lipinski definition) is 0. The molecule has 1 fully saturated rings. The van der Waals surface area contributed by atoms with Crippen LogP contribution in [-0.4, -0.2) is 5.79 Å². The Kier molecular flexibility index (Phi) is 2.97. The molecule has 12 heavy (non-hydrogen) atoms. The molecule has 1 aliphatic heterocycles. The van der Waals surface area contributed by atoms with E-state index >= 15 is 0 Å². The summed E-state index contributed by atoms with van der Waals surface area (Å²) in [4.78, 5) is 0. The van der Waals surface area contributed by atoms with Crippen LogP contribution in [0.5, 0.6) is 0 Å². The third-order valence-electron chi connectivity index (χ3n) is 2.27. The predicted molar refractivity (Wildman–Crippen MR) is 36.1 cm³/mol. The van der Waals surface area contributed by atoms with E-state index < -0.39 is 5.79 Å².